The largest absolute Gasteiger partial charge is 0.489 e. The zero-order valence-electron chi connectivity index (χ0n) is 15.3. The summed E-state index contributed by atoms with van der Waals surface area (Å²) in [5.74, 6) is 0.651. The molecule has 1 fully saturated rings. The molecule has 1 aromatic heterocycles. The molecule has 0 aliphatic carbocycles. The molecule has 0 spiro atoms. The number of aromatic nitrogens is 2. The normalized spacial score (nSPS) is 17.8. The first-order valence-electron chi connectivity index (χ1n) is 8.89. The van der Waals surface area contributed by atoms with E-state index in [4.69, 9.17) is 4.74 Å². The Bertz CT molecular complexity index is 713. The number of benzene rings is 1. The van der Waals surface area contributed by atoms with E-state index < -0.39 is 0 Å². The van der Waals surface area contributed by atoms with Gasteiger partial charge in [0.25, 0.3) is 5.91 Å². The first-order chi connectivity index (χ1) is 12.1. The lowest BCUT2D eigenvalue weighted by atomic mass is 10.1. The monoisotopic (exact) mass is 378 g/mol. The summed E-state index contributed by atoms with van der Waals surface area (Å²) in [4.78, 5) is 12.3. The number of nitrogens with one attached hydrogen (secondary N) is 2. The average Bonchev–Trinajstić information content (AvgIpc) is 3.11. The van der Waals surface area contributed by atoms with Crippen LogP contribution in [0.15, 0.2) is 36.5 Å². The summed E-state index contributed by atoms with van der Waals surface area (Å²) in [6, 6.07) is 10.00. The fraction of sp³-hybridized carbons (Fsp3) is 0.474. The van der Waals surface area contributed by atoms with Gasteiger partial charge in [-0.05, 0) is 57.0 Å². The maximum absolute atomic E-state index is 12.3. The van der Waals surface area contributed by atoms with Crippen molar-refractivity contribution in [3.05, 3.63) is 47.8 Å². The molecule has 1 saturated heterocycles. The quantitative estimate of drug-likeness (QED) is 0.811. The lowest BCUT2D eigenvalue weighted by Gasteiger charge is -2.22. The fourth-order valence-corrected chi connectivity index (χ4v) is 3.01. The number of amides is 1. The van der Waals surface area contributed by atoms with Gasteiger partial charge < -0.3 is 15.4 Å². The van der Waals surface area contributed by atoms with E-state index >= 15 is 0 Å². The Morgan fingerprint density at radius 3 is 3.04 bits per heavy atom. The van der Waals surface area contributed by atoms with Crippen molar-refractivity contribution >= 4 is 18.3 Å². The number of rotatable bonds is 6. The smallest absolute Gasteiger partial charge is 0.271 e. The van der Waals surface area contributed by atoms with Crippen molar-refractivity contribution in [3.8, 4) is 5.75 Å². The maximum atomic E-state index is 12.3. The number of carbonyl (C=O) groups excluding carboxylic acids is 1. The second kappa shape index (κ2) is 9.59. The van der Waals surface area contributed by atoms with E-state index in [1.165, 1.54) is 0 Å². The number of hydrogen-bond acceptors (Lipinski definition) is 4. The molecule has 142 valence electrons. The van der Waals surface area contributed by atoms with Crippen LogP contribution >= 0.6 is 12.4 Å². The van der Waals surface area contributed by atoms with Gasteiger partial charge in [0.05, 0.1) is 12.6 Å². The molecule has 2 unspecified atom stereocenters. The van der Waals surface area contributed by atoms with Crippen LogP contribution in [0.4, 0.5) is 0 Å². The van der Waals surface area contributed by atoms with E-state index in [1.54, 1.807) is 6.07 Å². The number of aryl methyl sites for hydroxylation is 1. The Morgan fingerprint density at radius 1 is 1.46 bits per heavy atom. The lowest BCUT2D eigenvalue weighted by molar-refractivity contribution is 0.0926. The van der Waals surface area contributed by atoms with Crippen LogP contribution in [0.5, 0.6) is 5.75 Å². The molecule has 2 heterocycles. The second-order valence-electron chi connectivity index (χ2n) is 6.64. The minimum absolute atomic E-state index is 0. The minimum Gasteiger partial charge on any atom is -0.489 e. The number of halogens is 1. The highest BCUT2D eigenvalue weighted by molar-refractivity contribution is 5.92. The van der Waals surface area contributed by atoms with Crippen molar-refractivity contribution in [1.82, 2.24) is 20.4 Å². The number of hydrogen-bond donors (Lipinski definition) is 2. The zero-order valence-corrected chi connectivity index (χ0v) is 16.1. The van der Waals surface area contributed by atoms with E-state index in [0.29, 0.717) is 18.3 Å². The standard InChI is InChI=1S/C19H26N4O2.ClH/c1-14-5-3-7-17(11-14)25-15(2)12-21-19(24)18-8-10-23(22-18)16-6-4-9-20-13-16;/h3,5,7-8,10-11,15-16,20H,4,6,9,12-13H2,1-2H3,(H,21,24);1H. The van der Waals surface area contributed by atoms with Crippen molar-refractivity contribution in [3.63, 3.8) is 0 Å². The van der Waals surface area contributed by atoms with Crippen molar-refractivity contribution in [2.75, 3.05) is 19.6 Å². The van der Waals surface area contributed by atoms with Crippen LogP contribution in [0.3, 0.4) is 0 Å². The van der Waals surface area contributed by atoms with Gasteiger partial charge in [-0.15, -0.1) is 12.4 Å². The van der Waals surface area contributed by atoms with Crippen LogP contribution < -0.4 is 15.4 Å². The summed E-state index contributed by atoms with van der Waals surface area (Å²) in [5, 5.41) is 10.7. The van der Waals surface area contributed by atoms with Crippen LogP contribution in [0, 0.1) is 6.92 Å². The van der Waals surface area contributed by atoms with Gasteiger partial charge in [-0.1, -0.05) is 12.1 Å². The van der Waals surface area contributed by atoms with Crippen molar-refractivity contribution in [2.45, 2.75) is 38.8 Å². The van der Waals surface area contributed by atoms with Crippen LogP contribution in [-0.2, 0) is 0 Å². The summed E-state index contributed by atoms with van der Waals surface area (Å²) in [5.41, 5.74) is 1.60. The van der Waals surface area contributed by atoms with Gasteiger partial charge in [0.15, 0.2) is 0 Å². The Balaban J connectivity index is 0.00000243. The molecule has 0 bridgehead atoms. The third-order valence-electron chi connectivity index (χ3n) is 4.36. The predicted molar refractivity (Wildman–Crippen MR) is 104 cm³/mol. The van der Waals surface area contributed by atoms with Crippen molar-refractivity contribution in [1.29, 1.82) is 0 Å². The van der Waals surface area contributed by atoms with E-state index in [9.17, 15) is 4.79 Å². The Morgan fingerprint density at radius 2 is 2.31 bits per heavy atom. The van der Waals surface area contributed by atoms with E-state index in [2.05, 4.69) is 15.7 Å². The lowest BCUT2D eigenvalue weighted by Crippen LogP contribution is -2.34. The zero-order chi connectivity index (χ0) is 17.6. The molecular formula is C19H27ClN4O2. The van der Waals surface area contributed by atoms with Gasteiger partial charge in [-0.2, -0.15) is 5.10 Å². The Kier molecular flexibility index (Phi) is 7.48. The van der Waals surface area contributed by atoms with Gasteiger partial charge in [-0.3, -0.25) is 9.48 Å². The third kappa shape index (κ3) is 5.47. The molecule has 0 saturated carbocycles. The molecule has 1 aliphatic rings. The number of ether oxygens (including phenoxy) is 1. The first kappa shape index (κ1) is 20.3. The number of nitrogens with zero attached hydrogens (tertiary/aromatic N) is 2. The summed E-state index contributed by atoms with van der Waals surface area (Å²) in [7, 11) is 0. The van der Waals surface area contributed by atoms with E-state index in [-0.39, 0.29) is 24.4 Å². The summed E-state index contributed by atoms with van der Waals surface area (Å²) >= 11 is 0. The van der Waals surface area contributed by atoms with Crippen LogP contribution in [0.2, 0.25) is 0 Å². The first-order valence-corrected chi connectivity index (χ1v) is 8.89. The predicted octanol–water partition coefficient (Wildman–Crippen LogP) is 2.74. The number of piperidine rings is 1. The second-order valence-corrected chi connectivity index (χ2v) is 6.64. The fourth-order valence-electron chi connectivity index (χ4n) is 3.01. The van der Waals surface area contributed by atoms with Gasteiger partial charge in [0, 0.05) is 12.7 Å². The molecule has 1 aromatic carbocycles. The number of carbonyl (C=O) groups is 1. The van der Waals surface area contributed by atoms with Crippen molar-refractivity contribution < 1.29 is 9.53 Å². The summed E-state index contributed by atoms with van der Waals surface area (Å²) in [6.45, 7) is 6.37. The molecule has 7 heteroatoms. The molecule has 2 aromatic rings. The third-order valence-corrected chi connectivity index (χ3v) is 4.36. The van der Waals surface area contributed by atoms with Crippen molar-refractivity contribution in [2.24, 2.45) is 0 Å². The highest BCUT2D eigenvalue weighted by atomic mass is 35.5. The van der Waals surface area contributed by atoms with Gasteiger partial charge in [-0.25, -0.2) is 0 Å². The Hall–Kier alpha value is -2.05. The van der Waals surface area contributed by atoms with Crippen LogP contribution in [0.25, 0.3) is 0 Å². The maximum Gasteiger partial charge on any atom is 0.271 e. The topological polar surface area (TPSA) is 68.2 Å². The van der Waals surface area contributed by atoms with Crippen LogP contribution in [0.1, 0.15) is 41.9 Å². The molecule has 1 aliphatic heterocycles. The van der Waals surface area contributed by atoms with Crippen LogP contribution in [-0.4, -0.2) is 41.4 Å². The highest BCUT2D eigenvalue weighted by Gasteiger charge is 2.18. The summed E-state index contributed by atoms with van der Waals surface area (Å²) < 4.78 is 7.73. The SMILES string of the molecule is Cc1cccc(OC(C)CNC(=O)c2ccn(C3CCCNC3)n2)c1.Cl. The molecule has 6 nitrogen and oxygen atoms in total. The molecule has 2 N–H and O–H groups in total. The molecule has 26 heavy (non-hydrogen) atoms. The minimum atomic E-state index is -0.165. The highest BCUT2D eigenvalue weighted by Crippen LogP contribution is 2.16. The Labute approximate surface area is 160 Å². The molecule has 2 atom stereocenters. The molecule has 3 rings (SSSR count). The summed E-state index contributed by atoms with van der Waals surface area (Å²) in [6.07, 6.45) is 4.01. The van der Waals surface area contributed by atoms with Gasteiger partial charge in [0.2, 0.25) is 0 Å². The van der Waals surface area contributed by atoms with Gasteiger partial charge >= 0.3 is 0 Å². The molecule has 0 radical (unpaired) electrons. The average molecular weight is 379 g/mol. The molecule has 1 amide bonds. The van der Waals surface area contributed by atoms with Gasteiger partial charge in [0.1, 0.15) is 17.5 Å². The van der Waals surface area contributed by atoms with E-state index in [1.807, 2.05) is 49.0 Å². The molecular weight excluding hydrogens is 352 g/mol. The van der Waals surface area contributed by atoms with E-state index in [0.717, 1.165) is 37.2 Å².